The summed E-state index contributed by atoms with van der Waals surface area (Å²) in [6.45, 7) is 3.12. The highest BCUT2D eigenvalue weighted by molar-refractivity contribution is 6.49. The molecule has 2 aromatic carbocycles. The van der Waals surface area contributed by atoms with Crippen molar-refractivity contribution in [2.24, 2.45) is 0 Å². The van der Waals surface area contributed by atoms with Crippen LogP contribution in [0.25, 0.3) is 0 Å². The Labute approximate surface area is 146 Å². The Kier molecular flexibility index (Phi) is 3.75. The van der Waals surface area contributed by atoms with E-state index >= 15 is 0 Å². The smallest absolute Gasteiger partial charge is 0.229 e. The van der Waals surface area contributed by atoms with Crippen LogP contribution in [0.4, 0.5) is 0 Å². The van der Waals surface area contributed by atoms with E-state index in [-0.39, 0.29) is 12.3 Å². The number of Topliss-reactive ketones (excluding diaryl/α,β-unsaturated/α-hetero) is 2. The van der Waals surface area contributed by atoms with Crippen LogP contribution >= 0.6 is 0 Å². The quantitative estimate of drug-likeness (QED) is 0.794. The summed E-state index contributed by atoms with van der Waals surface area (Å²) >= 11 is 0. The Morgan fingerprint density at radius 1 is 1.12 bits per heavy atom. The van der Waals surface area contributed by atoms with Gasteiger partial charge in [-0.2, -0.15) is 0 Å². The lowest BCUT2D eigenvalue weighted by Gasteiger charge is -2.29. The SMILES string of the molecule is Cc1ccc2c(c1)C(=O)C(=O)[C@@H]2CC(=O)N1CCc2ccccc2C1. The van der Waals surface area contributed by atoms with Crippen LogP contribution in [-0.4, -0.2) is 28.9 Å². The van der Waals surface area contributed by atoms with Gasteiger partial charge in [0.05, 0.1) is 5.92 Å². The summed E-state index contributed by atoms with van der Waals surface area (Å²) in [6, 6.07) is 13.6. The molecular weight excluding hydrogens is 314 g/mol. The number of amides is 1. The maximum absolute atomic E-state index is 12.8. The van der Waals surface area contributed by atoms with Crippen LogP contribution in [0.2, 0.25) is 0 Å². The van der Waals surface area contributed by atoms with Crippen molar-refractivity contribution >= 4 is 17.5 Å². The van der Waals surface area contributed by atoms with Crippen molar-refractivity contribution in [3.8, 4) is 0 Å². The van der Waals surface area contributed by atoms with E-state index in [2.05, 4.69) is 6.07 Å². The van der Waals surface area contributed by atoms with Gasteiger partial charge in [0.2, 0.25) is 17.5 Å². The molecule has 0 N–H and O–H groups in total. The lowest BCUT2D eigenvalue weighted by atomic mass is 9.94. The molecule has 1 atom stereocenters. The fourth-order valence-electron chi connectivity index (χ4n) is 3.82. The van der Waals surface area contributed by atoms with E-state index in [1.54, 1.807) is 11.0 Å². The fraction of sp³-hybridized carbons (Fsp3) is 0.286. The molecule has 0 saturated heterocycles. The summed E-state index contributed by atoms with van der Waals surface area (Å²) in [6.07, 6.45) is 0.901. The van der Waals surface area contributed by atoms with E-state index in [4.69, 9.17) is 0 Å². The molecule has 126 valence electrons. The van der Waals surface area contributed by atoms with Gasteiger partial charge in [-0.05, 0) is 36.1 Å². The largest absolute Gasteiger partial charge is 0.338 e. The van der Waals surface area contributed by atoms with Crippen molar-refractivity contribution in [3.63, 3.8) is 0 Å². The number of carbonyl (C=O) groups is 3. The zero-order chi connectivity index (χ0) is 17.6. The Balaban J connectivity index is 1.54. The molecule has 0 fully saturated rings. The minimum atomic E-state index is -0.632. The van der Waals surface area contributed by atoms with Crippen LogP contribution in [0.5, 0.6) is 0 Å². The first-order valence-electron chi connectivity index (χ1n) is 8.58. The van der Waals surface area contributed by atoms with Gasteiger partial charge < -0.3 is 4.90 Å². The van der Waals surface area contributed by atoms with Gasteiger partial charge in [-0.25, -0.2) is 0 Å². The molecule has 0 saturated carbocycles. The number of carbonyl (C=O) groups excluding carboxylic acids is 3. The summed E-state index contributed by atoms with van der Waals surface area (Å²) in [5.74, 6) is -1.60. The number of nitrogens with zero attached hydrogens (tertiary/aromatic N) is 1. The van der Waals surface area contributed by atoms with Gasteiger partial charge in [0.1, 0.15) is 0 Å². The van der Waals surface area contributed by atoms with Gasteiger partial charge >= 0.3 is 0 Å². The number of benzene rings is 2. The maximum atomic E-state index is 12.8. The molecule has 1 aliphatic heterocycles. The molecule has 0 bridgehead atoms. The highest BCUT2D eigenvalue weighted by atomic mass is 16.2. The molecule has 2 aromatic rings. The van der Waals surface area contributed by atoms with Crippen LogP contribution < -0.4 is 0 Å². The highest BCUT2D eigenvalue weighted by Crippen LogP contribution is 2.34. The van der Waals surface area contributed by atoms with Crippen LogP contribution in [0.15, 0.2) is 42.5 Å². The van der Waals surface area contributed by atoms with E-state index in [9.17, 15) is 14.4 Å². The first kappa shape index (κ1) is 15.8. The normalized spacial score (nSPS) is 18.9. The van der Waals surface area contributed by atoms with E-state index in [0.29, 0.717) is 24.2 Å². The van der Waals surface area contributed by atoms with Gasteiger partial charge in [0, 0.05) is 25.1 Å². The summed E-state index contributed by atoms with van der Waals surface area (Å²) in [4.78, 5) is 39.1. The van der Waals surface area contributed by atoms with Crippen LogP contribution in [0.1, 0.15) is 45.0 Å². The van der Waals surface area contributed by atoms with Gasteiger partial charge in [-0.1, -0.05) is 42.0 Å². The predicted octanol–water partition coefficient (Wildman–Crippen LogP) is 2.82. The number of rotatable bonds is 2. The number of hydrogen-bond acceptors (Lipinski definition) is 3. The van der Waals surface area contributed by atoms with Crippen molar-refractivity contribution in [3.05, 3.63) is 70.3 Å². The van der Waals surface area contributed by atoms with E-state index in [0.717, 1.165) is 17.5 Å². The monoisotopic (exact) mass is 333 g/mol. The van der Waals surface area contributed by atoms with Crippen LogP contribution in [0.3, 0.4) is 0 Å². The van der Waals surface area contributed by atoms with Gasteiger partial charge in [-0.3, -0.25) is 14.4 Å². The second-order valence-corrected chi connectivity index (χ2v) is 6.87. The first-order valence-corrected chi connectivity index (χ1v) is 8.58. The Hall–Kier alpha value is -2.75. The summed E-state index contributed by atoms with van der Waals surface area (Å²) in [7, 11) is 0. The molecule has 0 radical (unpaired) electrons. The van der Waals surface area contributed by atoms with Crippen LogP contribution in [-0.2, 0) is 22.6 Å². The van der Waals surface area contributed by atoms with Crippen molar-refractivity contribution in [1.29, 1.82) is 0 Å². The molecule has 0 unspecified atom stereocenters. The molecule has 4 heteroatoms. The average molecular weight is 333 g/mol. The van der Waals surface area contributed by atoms with E-state index in [1.807, 2.05) is 37.3 Å². The van der Waals surface area contributed by atoms with Crippen molar-refractivity contribution in [2.75, 3.05) is 6.54 Å². The Bertz CT molecular complexity index is 900. The molecule has 4 nitrogen and oxygen atoms in total. The fourth-order valence-corrected chi connectivity index (χ4v) is 3.82. The third-order valence-electron chi connectivity index (χ3n) is 5.23. The highest BCUT2D eigenvalue weighted by Gasteiger charge is 2.40. The third-order valence-corrected chi connectivity index (χ3v) is 5.23. The predicted molar refractivity (Wildman–Crippen MR) is 93.4 cm³/mol. The second kappa shape index (κ2) is 5.96. The van der Waals surface area contributed by atoms with Gasteiger partial charge in [-0.15, -0.1) is 0 Å². The van der Waals surface area contributed by atoms with Crippen molar-refractivity contribution in [1.82, 2.24) is 4.90 Å². The van der Waals surface area contributed by atoms with E-state index < -0.39 is 17.5 Å². The number of hydrogen-bond donors (Lipinski definition) is 0. The molecule has 2 aliphatic rings. The summed E-state index contributed by atoms with van der Waals surface area (Å²) in [5.41, 5.74) is 4.55. The first-order chi connectivity index (χ1) is 12.0. The minimum absolute atomic E-state index is 0.0610. The second-order valence-electron chi connectivity index (χ2n) is 6.87. The molecule has 25 heavy (non-hydrogen) atoms. The zero-order valence-electron chi connectivity index (χ0n) is 14.1. The van der Waals surface area contributed by atoms with Gasteiger partial charge in [0.15, 0.2) is 0 Å². The Morgan fingerprint density at radius 2 is 1.88 bits per heavy atom. The number of ketones is 2. The lowest BCUT2D eigenvalue weighted by Crippen LogP contribution is -2.37. The van der Waals surface area contributed by atoms with Crippen LogP contribution in [0, 0.1) is 6.92 Å². The number of aryl methyl sites for hydroxylation is 1. The minimum Gasteiger partial charge on any atom is -0.338 e. The van der Waals surface area contributed by atoms with Crippen molar-refractivity contribution in [2.45, 2.75) is 32.2 Å². The summed E-state index contributed by atoms with van der Waals surface area (Å²) < 4.78 is 0. The topological polar surface area (TPSA) is 54.5 Å². The third kappa shape index (κ3) is 2.68. The molecule has 1 amide bonds. The molecular formula is C21H19NO3. The molecule has 4 rings (SSSR count). The summed E-state index contributed by atoms with van der Waals surface area (Å²) in [5, 5.41) is 0. The standard InChI is InChI=1S/C21H19NO3/c1-13-6-7-16-17(10-13)20(24)21(25)18(16)11-19(23)22-9-8-14-4-2-3-5-15(14)12-22/h2-7,10,18H,8-9,11-12H2,1H3/t18-/m1/s1. The zero-order valence-corrected chi connectivity index (χ0v) is 14.1. The molecule has 1 aliphatic carbocycles. The molecule has 0 spiro atoms. The van der Waals surface area contributed by atoms with Crippen molar-refractivity contribution < 1.29 is 14.4 Å². The van der Waals surface area contributed by atoms with Gasteiger partial charge in [0.25, 0.3) is 0 Å². The average Bonchev–Trinajstić information content (AvgIpc) is 2.86. The maximum Gasteiger partial charge on any atom is 0.229 e. The van der Waals surface area contributed by atoms with E-state index in [1.165, 1.54) is 5.56 Å². The molecule has 0 aromatic heterocycles. The molecule has 1 heterocycles. The lowest BCUT2D eigenvalue weighted by molar-refractivity contribution is -0.134. The Morgan fingerprint density at radius 3 is 2.68 bits per heavy atom. The number of fused-ring (bicyclic) bond motifs is 2.